The Morgan fingerprint density at radius 2 is 1.94 bits per heavy atom. The number of carbonyl (C=O) groups is 3. The summed E-state index contributed by atoms with van der Waals surface area (Å²) in [5, 5.41) is 16.7. The molecule has 11 heteroatoms. The summed E-state index contributed by atoms with van der Waals surface area (Å²) >= 11 is 1.55. The Labute approximate surface area is 197 Å². The molecule has 182 valence electrons. The summed E-state index contributed by atoms with van der Waals surface area (Å²) in [5.74, 6) is -0.192. The minimum Gasteiger partial charge on any atom is -0.444 e. The van der Waals surface area contributed by atoms with Gasteiger partial charge in [0.05, 0.1) is 4.92 Å². The van der Waals surface area contributed by atoms with Gasteiger partial charge in [0.15, 0.2) is 0 Å². The Kier molecular flexibility index (Phi) is 9.51. The number of hydrogen-bond donors (Lipinski definition) is 2. The fourth-order valence-corrected chi connectivity index (χ4v) is 3.81. The SMILES string of the molecule is CSCCC(NC(=O)c1cccc([N+](=O)[O-])c1)C(=O)NC1CCN(C(=O)OC(C)(C)C)CC1. The number of nitro benzene ring substituents is 1. The normalized spacial score (nSPS) is 15.5. The standard InChI is InChI=1S/C22H32N4O6S/c1-22(2,3)32-21(29)25-11-8-16(9-12-25)23-20(28)18(10-13-33-4)24-19(27)15-6-5-7-17(14-15)26(30)31/h5-7,14,16,18H,8-13H2,1-4H3,(H,23,28)(H,24,27). The van der Waals surface area contributed by atoms with Gasteiger partial charge in [0.1, 0.15) is 11.6 Å². The molecular weight excluding hydrogens is 448 g/mol. The third-order valence-corrected chi connectivity index (χ3v) is 5.69. The van der Waals surface area contributed by atoms with E-state index < -0.39 is 22.5 Å². The summed E-state index contributed by atoms with van der Waals surface area (Å²) in [6.45, 7) is 6.38. The molecule has 1 aliphatic rings. The van der Waals surface area contributed by atoms with Gasteiger partial charge < -0.3 is 20.3 Å². The van der Waals surface area contributed by atoms with Crippen LogP contribution in [0.2, 0.25) is 0 Å². The summed E-state index contributed by atoms with van der Waals surface area (Å²) in [7, 11) is 0. The van der Waals surface area contributed by atoms with Gasteiger partial charge in [-0.25, -0.2) is 4.79 Å². The molecule has 0 bridgehead atoms. The summed E-state index contributed by atoms with van der Waals surface area (Å²) in [4.78, 5) is 49.8. The van der Waals surface area contributed by atoms with Gasteiger partial charge in [0, 0.05) is 36.8 Å². The molecule has 1 aromatic carbocycles. The van der Waals surface area contributed by atoms with Gasteiger partial charge in [-0.05, 0) is 58.1 Å². The van der Waals surface area contributed by atoms with E-state index in [1.165, 1.54) is 24.3 Å². The fraction of sp³-hybridized carbons (Fsp3) is 0.591. The number of amides is 3. The quantitative estimate of drug-likeness (QED) is 0.432. The number of nitro groups is 1. The molecular formula is C22H32N4O6S. The Balaban J connectivity index is 1.95. The Morgan fingerprint density at radius 1 is 1.27 bits per heavy atom. The van der Waals surface area contributed by atoms with Crippen LogP contribution in [0.4, 0.5) is 10.5 Å². The maximum atomic E-state index is 12.9. The second-order valence-corrected chi connectivity index (χ2v) is 9.85. The van der Waals surface area contributed by atoms with Crippen molar-refractivity contribution in [3.63, 3.8) is 0 Å². The van der Waals surface area contributed by atoms with Crippen LogP contribution in [0.15, 0.2) is 24.3 Å². The highest BCUT2D eigenvalue weighted by atomic mass is 32.2. The van der Waals surface area contributed by atoms with Crippen molar-refractivity contribution in [1.82, 2.24) is 15.5 Å². The molecule has 1 aromatic rings. The van der Waals surface area contributed by atoms with Crippen LogP contribution in [-0.2, 0) is 9.53 Å². The minimum atomic E-state index is -0.770. The van der Waals surface area contributed by atoms with Gasteiger partial charge >= 0.3 is 6.09 Å². The molecule has 1 fully saturated rings. The summed E-state index contributed by atoms with van der Waals surface area (Å²) < 4.78 is 5.39. The van der Waals surface area contributed by atoms with Crippen molar-refractivity contribution in [2.24, 2.45) is 0 Å². The average Bonchev–Trinajstić information content (AvgIpc) is 2.75. The van der Waals surface area contributed by atoms with Gasteiger partial charge in [-0.2, -0.15) is 11.8 Å². The first kappa shape index (κ1) is 26.4. The Bertz CT molecular complexity index is 865. The molecule has 1 aliphatic heterocycles. The lowest BCUT2D eigenvalue weighted by Gasteiger charge is -2.34. The van der Waals surface area contributed by atoms with Crippen LogP contribution >= 0.6 is 11.8 Å². The monoisotopic (exact) mass is 480 g/mol. The Morgan fingerprint density at radius 3 is 2.52 bits per heavy atom. The molecule has 10 nitrogen and oxygen atoms in total. The molecule has 2 rings (SSSR count). The summed E-state index contributed by atoms with van der Waals surface area (Å²) in [6.07, 6.45) is 3.13. The van der Waals surface area contributed by atoms with Crippen LogP contribution in [0.5, 0.6) is 0 Å². The van der Waals surface area contributed by atoms with Gasteiger partial charge in [-0.3, -0.25) is 19.7 Å². The molecule has 1 atom stereocenters. The highest BCUT2D eigenvalue weighted by Gasteiger charge is 2.29. The highest BCUT2D eigenvalue weighted by Crippen LogP contribution is 2.17. The minimum absolute atomic E-state index is 0.122. The number of likely N-dealkylation sites (tertiary alicyclic amines) is 1. The zero-order valence-electron chi connectivity index (χ0n) is 19.5. The van der Waals surface area contributed by atoms with Crippen molar-refractivity contribution in [3.05, 3.63) is 39.9 Å². The van der Waals surface area contributed by atoms with E-state index in [9.17, 15) is 24.5 Å². The fourth-order valence-electron chi connectivity index (χ4n) is 3.34. The van der Waals surface area contributed by atoms with Crippen LogP contribution in [-0.4, -0.2) is 70.5 Å². The Hall–Kier alpha value is -2.82. The number of carbonyl (C=O) groups excluding carboxylic acids is 3. The third-order valence-electron chi connectivity index (χ3n) is 5.04. The van der Waals surface area contributed by atoms with E-state index >= 15 is 0 Å². The molecule has 33 heavy (non-hydrogen) atoms. The molecule has 1 heterocycles. The van der Waals surface area contributed by atoms with E-state index in [4.69, 9.17) is 4.74 Å². The van der Waals surface area contributed by atoms with E-state index in [2.05, 4.69) is 10.6 Å². The highest BCUT2D eigenvalue weighted by molar-refractivity contribution is 7.98. The number of benzene rings is 1. The number of nitrogens with zero attached hydrogens (tertiary/aromatic N) is 2. The van der Waals surface area contributed by atoms with Crippen LogP contribution < -0.4 is 10.6 Å². The third kappa shape index (κ3) is 8.56. The average molecular weight is 481 g/mol. The molecule has 0 aliphatic carbocycles. The van der Waals surface area contributed by atoms with Crippen LogP contribution in [0.1, 0.15) is 50.4 Å². The lowest BCUT2D eigenvalue weighted by atomic mass is 10.0. The van der Waals surface area contributed by atoms with Crippen molar-refractivity contribution in [2.45, 2.75) is 57.7 Å². The van der Waals surface area contributed by atoms with Crippen LogP contribution in [0, 0.1) is 10.1 Å². The number of non-ortho nitro benzene ring substituents is 1. The lowest BCUT2D eigenvalue weighted by molar-refractivity contribution is -0.384. The number of ether oxygens (including phenoxy) is 1. The first-order chi connectivity index (χ1) is 15.5. The number of thioether (sulfide) groups is 1. The molecule has 0 spiro atoms. The smallest absolute Gasteiger partial charge is 0.410 e. The lowest BCUT2D eigenvalue weighted by Crippen LogP contribution is -2.53. The van der Waals surface area contributed by atoms with E-state index in [0.29, 0.717) is 38.1 Å². The van der Waals surface area contributed by atoms with Gasteiger partial charge in [0.2, 0.25) is 5.91 Å². The number of nitrogens with one attached hydrogen (secondary N) is 2. The molecule has 1 saturated heterocycles. The predicted octanol–water partition coefficient (Wildman–Crippen LogP) is 2.96. The maximum Gasteiger partial charge on any atom is 0.410 e. The molecule has 0 aromatic heterocycles. The second-order valence-electron chi connectivity index (χ2n) is 8.87. The van der Waals surface area contributed by atoms with E-state index in [1.54, 1.807) is 16.7 Å². The van der Waals surface area contributed by atoms with Crippen molar-refractivity contribution < 1.29 is 24.0 Å². The largest absolute Gasteiger partial charge is 0.444 e. The van der Waals surface area contributed by atoms with Crippen molar-refractivity contribution >= 4 is 35.4 Å². The van der Waals surface area contributed by atoms with Crippen molar-refractivity contribution in [2.75, 3.05) is 25.1 Å². The topological polar surface area (TPSA) is 131 Å². The zero-order chi connectivity index (χ0) is 24.6. The van der Waals surface area contributed by atoms with Gasteiger partial charge in [-0.15, -0.1) is 0 Å². The van der Waals surface area contributed by atoms with Crippen molar-refractivity contribution in [3.8, 4) is 0 Å². The van der Waals surface area contributed by atoms with E-state index in [1.807, 2.05) is 27.0 Å². The first-order valence-electron chi connectivity index (χ1n) is 10.8. The molecule has 0 radical (unpaired) electrons. The van der Waals surface area contributed by atoms with E-state index in [0.717, 1.165) is 0 Å². The first-order valence-corrected chi connectivity index (χ1v) is 12.2. The number of rotatable bonds is 8. The maximum absolute atomic E-state index is 12.9. The van der Waals surface area contributed by atoms with Crippen LogP contribution in [0.25, 0.3) is 0 Å². The number of hydrogen-bond acceptors (Lipinski definition) is 7. The number of piperidine rings is 1. The molecule has 0 saturated carbocycles. The summed E-state index contributed by atoms with van der Waals surface area (Å²) in [5.41, 5.74) is -0.634. The van der Waals surface area contributed by atoms with Gasteiger partial charge in [0.25, 0.3) is 11.6 Å². The predicted molar refractivity (Wildman–Crippen MR) is 126 cm³/mol. The second kappa shape index (κ2) is 11.9. The van der Waals surface area contributed by atoms with Gasteiger partial charge in [-0.1, -0.05) is 6.07 Å². The van der Waals surface area contributed by atoms with Crippen molar-refractivity contribution in [1.29, 1.82) is 0 Å². The van der Waals surface area contributed by atoms with Crippen LogP contribution in [0.3, 0.4) is 0 Å². The zero-order valence-corrected chi connectivity index (χ0v) is 20.3. The molecule has 3 amide bonds. The molecule has 2 N–H and O–H groups in total. The summed E-state index contributed by atoms with van der Waals surface area (Å²) in [6, 6.07) is 4.50. The molecule has 1 unspecified atom stereocenters. The van der Waals surface area contributed by atoms with E-state index in [-0.39, 0.29) is 29.3 Å².